The Labute approximate surface area is 109 Å². The molecule has 2 rings (SSSR count). The van der Waals surface area contributed by atoms with Gasteiger partial charge in [0, 0.05) is 18.5 Å². The Balaban J connectivity index is 2.02. The van der Waals surface area contributed by atoms with Gasteiger partial charge in [-0.1, -0.05) is 23.2 Å². The smallest absolute Gasteiger partial charge is 0.174 e. The zero-order chi connectivity index (χ0) is 12.3. The largest absolute Gasteiger partial charge is 0.469 e. The number of hydrogen-bond acceptors (Lipinski definition) is 4. The summed E-state index contributed by atoms with van der Waals surface area (Å²) in [7, 11) is 0. The van der Waals surface area contributed by atoms with Crippen molar-refractivity contribution in [3.63, 3.8) is 0 Å². The van der Waals surface area contributed by atoms with Crippen LogP contribution in [0.25, 0.3) is 0 Å². The van der Waals surface area contributed by atoms with Crippen LogP contribution in [0.2, 0.25) is 10.3 Å². The van der Waals surface area contributed by atoms with Crippen molar-refractivity contribution in [1.29, 1.82) is 0 Å². The van der Waals surface area contributed by atoms with Gasteiger partial charge < -0.3 is 9.73 Å². The van der Waals surface area contributed by atoms with Crippen LogP contribution in [0, 0.1) is 0 Å². The van der Waals surface area contributed by atoms with E-state index in [1.165, 1.54) is 0 Å². The lowest BCUT2D eigenvalue weighted by molar-refractivity contribution is 0.498. The number of aromatic nitrogens is 2. The monoisotopic (exact) mass is 271 g/mol. The minimum Gasteiger partial charge on any atom is -0.469 e. The maximum Gasteiger partial charge on any atom is 0.174 e. The molecule has 0 aliphatic heterocycles. The topological polar surface area (TPSA) is 51.0 Å². The van der Waals surface area contributed by atoms with Gasteiger partial charge in [-0.2, -0.15) is 0 Å². The molecular weight excluding hydrogens is 261 g/mol. The molecule has 90 valence electrons. The number of halogens is 2. The van der Waals surface area contributed by atoms with E-state index < -0.39 is 0 Å². The van der Waals surface area contributed by atoms with Crippen LogP contribution in [0.5, 0.6) is 0 Å². The van der Waals surface area contributed by atoms with Crippen molar-refractivity contribution in [3.8, 4) is 0 Å². The minimum absolute atomic E-state index is 0.152. The molecular formula is C11H11Cl2N3O. The fraction of sp³-hybridized carbons (Fsp3) is 0.273. The van der Waals surface area contributed by atoms with Crippen molar-refractivity contribution in [2.24, 2.45) is 0 Å². The summed E-state index contributed by atoms with van der Waals surface area (Å²) in [6, 6.07) is 5.59. The van der Waals surface area contributed by atoms with E-state index in [2.05, 4.69) is 15.5 Å². The molecule has 0 aliphatic rings. The third kappa shape index (κ3) is 3.35. The van der Waals surface area contributed by atoms with Gasteiger partial charge in [-0.05, 0) is 19.1 Å². The number of rotatable bonds is 4. The molecule has 1 atom stereocenters. The van der Waals surface area contributed by atoms with Crippen LogP contribution < -0.4 is 5.32 Å². The lowest BCUT2D eigenvalue weighted by Gasteiger charge is -2.14. The molecule has 0 fully saturated rings. The van der Waals surface area contributed by atoms with Crippen LogP contribution in [0.3, 0.4) is 0 Å². The Morgan fingerprint density at radius 2 is 2.24 bits per heavy atom. The lowest BCUT2D eigenvalue weighted by atomic mass is 10.2. The highest BCUT2D eigenvalue weighted by Gasteiger charge is 2.09. The van der Waals surface area contributed by atoms with Crippen molar-refractivity contribution < 1.29 is 4.42 Å². The summed E-state index contributed by atoms with van der Waals surface area (Å²) < 4.78 is 5.27. The second-order valence-corrected chi connectivity index (χ2v) is 4.45. The van der Waals surface area contributed by atoms with E-state index in [0.717, 1.165) is 12.2 Å². The van der Waals surface area contributed by atoms with Gasteiger partial charge in [-0.3, -0.25) is 0 Å². The number of nitrogens with zero attached hydrogens (tertiary/aromatic N) is 2. The zero-order valence-electron chi connectivity index (χ0n) is 9.15. The van der Waals surface area contributed by atoms with E-state index in [1.807, 2.05) is 19.1 Å². The molecule has 2 aromatic heterocycles. The number of nitrogens with one attached hydrogen (secondary N) is 1. The highest BCUT2D eigenvalue weighted by Crippen LogP contribution is 2.22. The van der Waals surface area contributed by atoms with Gasteiger partial charge in [0.05, 0.1) is 12.0 Å². The Hall–Kier alpha value is -1.26. The van der Waals surface area contributed by atoms with Gasteiger partial charge in [0.2, 0.25) is 0 Å². The van der Waals surface area contributed by atoms with E-state index in [0.29, 0.717) is 16.0 Å². The maximum atomic E-state index is 5.90. The molecule has 2 aromatic rings. The van der Waals surface area contributed by atoms with E-state index >= 15 is 0 Å². The summed E-state index contributed by atoms with van der Waals surface area (Å²) in [4.78, 5) is 0. The normalized spacial score (nSPS) is 12.4. The quantitative estimate of drug-likeness (QED) is 0.926. The average Bonchev–Trinajstić information content (AvgIpc) is 2.76. The van der Waals surface area contributed by atoms with E-state index in [-0.39, 0.29) is 6.04 Å². The van der Waals surface area contributed by atoms with Crippen molar-refractivity contribution in [1.82, 2.24) is 10.2 Å². The highest BCUT2D eigenvalue weighted by atomic mass is 35.5. The van der Waals surface area contributed by atoms with Gasteiger partial charge in [0.1, 0.15) is 5.76 Å². The molecule has 0 aliphatic carbocycles. The first kappa shape index (κ1) is 12.2. The number of anilines is 1. The van der Waals surface area contributed by atoms with Crippen molar-refractivity contribution in [2.75, 3.05) is 5.32 Å². The Morgan fingerprint density at radius 1 is 1.41 bits per heavy atom. The van der Waals surface area contributed by atoms with Crippen LogP contribution in [0.1, 0.15) is 12.7 Å². The SMILES string of the molecule is CC(Cc1ccco1)Nc1cc(Cl)nnc1Cl. The van der Waals surface area contributed by atoms with Crippen LogP contribution in [0.15, 0.2) is 28.9 Å². The predicted molar refractivity (Wildman–Crippen MR) is 67.5 cm³/mol. The molecule has 0 saturated carbocycles. The van der Waals surface area contributed by atoms with E-state index in [4.69, 9.17) is 27.6 Å². The minimum atomic E-state index is 0.152. The molecule has 0 aromatic carbocycles. The number of furan rings is 1. The Bertz CT molecular complexity index is 487. The van der Waals surface area contributed by atoms with Crippen molar-refractivity contribution in [3.05, 3.63) is 40.5 Å². The van der Waals surface area contributed by atoms with Gasteiger partial charge in [0.25, 0.3) is 0 Å². The molecule has 0 radical (unpaired) electrons. The van der Waals surface area contributed by atoms with Crippen LogP contribution in [0.4, 0.5) is 5.69 Å². The Kier molecular flexibility index (Phi) is 3.86. The van der Waals surface area contributed by atoms with Gasteiger partial charge >= 0.3 is 0 Å². The third-order valence-electron chi connectivity index (χ3n) is 2.21. The maximum absolute atomic E-state index is 5.90. The molecule has 2 heterocycles. The van der Waals surface area contributed by atoms with Gasteiger partial charge in [-0.15, -0.1) is 10.2 Å². The molecule has 0 amide bonds. The summed E-state index contributed by atoms with van der Waals surface area (Å²) in [6.07, 6.45) is 2.41. The molecule has 4 nitrogen and oxygen atoms in total. The predicted octanol–water partition coefficient (Wildman–Crippen LogP) is 3.42. The second-order valence-electron chi connectivity index (χ2n) is 3.70. The first-order valence-corrected chi connectivity index (χ1v) is 5.88. The first-order valence-electron chi connectivity index (χ1n) is 5.13. The molecule has 1 N–H and O–H groups in total. The third-order valence-corrected chi connectivity index (χ3v) is 2.67. The fourth-order valence-corrected chi connectivity index (χ4v) is 1.80. The zero-order valence-corrected chi connectivity index (χ0v) is 10.7. The molecule has 0 bridgehead atoms. The van der Waals surface area contributed by atoms with Gasteiger partial charge in [0.15, 0.2) is 10.3 Å². The van der Waals surface area contributed by atoms with Crippen molar-refractivity contribution in [2.45, 2.75) is 19.4 Å². The lowest BCUT2D eigenvalue weighted by Crippen LogP contribution is -2.18. The molecule has 6 heteroatoms. The standard InChI is InChI=1S/C11H11Cl2N3O/c1-7(5-8-3-2-4-17-8)14-9-6-10(12)15-16-11(9)13/h2-4,6-7H,5H2,1H3,(H,14,15). The second kappa shape index (κ2) is 5.38. The van der Waals surface area contributed by atoms with E-state index in [1.54, 1.807) is 12.3 Å². The molecule has 17 heavy (non-hydrogen) atoms. The number of hydrogen-bond donors (Lipinski definition) is 1. The van der Waals surface area contributed by atoms with Gasteiger partial charge in [-0.25, -0.2) is 0 Å². The summed E-state index contributed by atoms with van der Waals surface area (Å²) in [5.41, 5.74) is 0.672. The molecule has 0 spiro atoms. The summed E-state index contributed by atoms with van der Waals surface area (Å²) in [6.45, 7) is 2.02. The van der Waals surface area contributed by atoms with E-state index in [9.17, 15) is 0 Å². The summed E-state index contributed by atoms with van der Waals surface area (Å²) in [5, 5.41) is 11.2. The van der Waals surface area contributed by atoms with Crippen LogP contribution in [-0.2, 0) is 6.42 Å². The fourth-order valence-electron chi connectivity index (χ4n) is 1.50. The Morgan fingerprint density at radius 3 is 2.94 bits per heavy atom. The molecule has 0 saturated heterocycles. The first-order chi connectivity index (χ1) is 8.15. The van der Waals surface area contributed by atoms with Crippen LogP contribution in [-0.4, -0.2) is 16.2 Å². The average molecular weight is 272 g/mol. The molecule has 1 unspecified atom stereocenters. The van der Waals surface area contributed by atoms with Crippen LogP contribution >= 0.6 is 23.2 Å². The highest BCUT2D eigenvalue weighted by molar-refractivity contribution is 6.33. The summed E-state index contributed by atoms with van der Waals surface area (Å²) >= 11 is 11.7. The van der Waals surface area contributed by atoms with Crippen molar-refractivity contribution >= 4 is 28.9 Å². The summed E-state index contributed by atoms with van der Waals surface area (Å²) in [5.74, 6) is 0.911.